The third-order valence-corrected chi connectivity index (χ3v) is 5.62. The van der Waals surface area contributed by atoms with Gasteiger partial charge in [-0.05, 0) is 25.1 Å². The molecule has 29 heavy (non-hydrogen) atoms. The number of sulfonamides is 1. The van der Waals surface area contributed by atoms with Crippen LogP contribution in [0.1, 0.15) is 6.92 Å². The average Bonchev–Trinajstić information content (AvgIpc) is 2.71. The van der Waals surface area contributed by atoms with Crippen molar-refractivity contribution in [3.8, 4) is 11.5 Å². The highest BCUT2D eigenvalue weighted by atomic mass is 32.2. The monoisotopic (exact) mass is 424 g/mol. The van der Waals surface area contributed by atoms with Crippen LogP contribution >= 0.6 is 0 Å². The summed E-state index contributed by atoms with van der Waals surface area (Å²) >= 11 is 0. The van der Waals surface area contributed by atoms with Crippen LogP contribution in [-0.4, -0.2) is 46.7 Å². The molecule has 0 aliphatic heterocycles. The van der Waals surface area contributed by atoms with Crippen LogP contribution in [0.3, 0.4) is 0 Å². The van der Waals surface area contributed by atoms with Crippen molar-refractivity contribution in [3.63, 3.8) is 0 Å². The van der Waals surface area contributed by atoms with Crippen LogP contribution in [0.4, 0.5) is 11.4 Å². The topological polar surface area (TPSA) is 125 Å². The van der Waals surface area contributed by atoms with Crippen molar-refractivity contribution in [1.82, 2.24) is 0 Å². The number of nitrogens with zero attached hydrogens (tertiary/aromatic N) is 2. The Balaban J connectivity index is 2.59. The molecule has 0 bridgehead atoms. The molecule has 2 aromatic carbocycles. The van der Waals surface area contributed by atoms with E-state index in [0.717, 1.165) is 10.4 Å². The molecular weight excluding hydrogens is 404 g/mol. The van der Waals surface area contributed by atoms with Gasteiger partial charge in [-0.1, -0.05) is 6.07 Å². The second-order valence-electron chi connectivity index (χ2n) is 5.61. The lowest BCUT2D eigenvalue weighted by Crippen LogP contribution is -2.36. The van der Waals surface area contributed by atoms with Crippen LogP contribution in [0, 0.1) is 10.1 Å². The SMILES string of the molecule is CCOC(=O)CN(c1ccc(OC)c(OC)c1)S(=O)(=O)c1cccc([N+](=O)[O-])c1. The van der Waals surface area contributed by atoms with Crippen LogP contribution in [0.5, 0.6) is 11.5 Å². The van der Waals surface area contributed by atoms with Crippen molar-refractivity contribution in [2.24, 2.45) is 0 Å². The van der Waals surface area contributed by atoms with Gasteiger partial charge >= 0.3 is 5.97 Å². The first-order valence-electron chi connectivity index (χ1n) is 8.39. The van der Waals surface area contributed by atoms with Crippen LogP contribution < -0.4 is 13.8 Å². The highest BCUT2D eigenvalue weighted by Crippen LogP contribution is 2.34. The Bertz CT molecular complexity index is 1010. The molecule has 0 saturated carbocycles. The smallest absolute Gasteiger partial charge is 0.326 e. The minimum absolute atomic E-state index is 0.0649. The van der Waals surface area contributed by atoms with E-state index in [2.05, 4.69) is 0 Å². The Hall–Kier alpha value is -3.34. The van der Waals surface area contributed by atoms with Crippen LogP contribution in [0.2, 0.25) is 0 Å². The van der Waals surface area contributed by atoms with Crippen molar-refractivity contribution in [3.05, 3.63) is 52.6 Å². The van der Waals surface area contributed by atoms with E-state index in [4.69, 9.17) is 14.2 Å². The molecular formula is C18H20N2O8S. The summed E-state index contributed by atoms with van der Waals surface area (Å²) < 4.78 is 42.5. The van der Waals surface area contributed by atoms with Gasteiger partial charge in [0.1, 0.15) is 6.54 Å². The second kappa shape index (κ2) is 9.24. The van der Waals surface area contributed by atoms with E-state index in [1.54, 1.807) is 6.92 Å². The molecule has 0 aliphatic carbocycles. The summed E-state index contributed by atoms with van der Waals surface area (Å²) in [6, 6.07) is 8.85. The number of benzene rings is 2. The molecule has 0 unspecified atom stereocenters. The molecule has 0 fully saturated rings. The minimum Gasteiger partial charge on any atom is -0.493 e. The fraction of sp³-hybridized carbons (Fsp3) is 0.278. The summed E-state index contributed by atoms with van der Waals surface area (Å²) in [6.07, 6.45) is 0. The number of ether oxygens (including phenoxy) is 3. The number of rotatable bonds is 9. The zero-order valence-electron chi connectivity index (χ0n) is 16.0. The summed E-state index contributed by atoms with van der Waals surface area (Å²) in [4.78, 5) is 22.0. The number of hydrogen-bond donors (Lipinski definition) is 0. The molecule has 0 aromatic heterocycles. The van der Waals surface area contributed by atoms with Gasteiger partial charge in [0.25, 0.3) is 15.7 Å². The zero-order valence-corrected chi connectivity index (χ0v) is 16.8. The molecule has 2 aromatic rings. The standard InChI is InChI=1S/C18H20N2O8S/c1-4-28-18(21)12-19(13-8-9-16(26-2)17(11-13)27-3)29(24,25)15-7-5-6-14(10-15)20(22)23/h5-11H,4,12H2,1-3H3. The highest BCUT2D eigenvalue weighted by molar-refractivity contribution is 7.92. The van der Waals surface area contributed by atoms with Crippen molar-refractivity contribution in [2.75, 3.05) is 31.7 Å². The molecule has 2 rings (SSSR count). The number of hydrogen-bond acceptors (Lipinski definition) is 8. The summed E-state index contributed by atoms with van der Waals surface area (Å²) in [5.41, 5.74) is -0.295. The van der Waals surface area contributed by atoms with Gasteiger partial charge in [0.2, 0.25) is 0 Å². The molecule has 0 heterocycles. The molecule has 0 amide bonds. The van der Waals surface area contributed by atoms with E-state index in [0.29, 0.717) is 5.75 Å². The van der Waals surface area contributed by atoms with Crippen molar-refractivity contribution < 1.29 is 32.3 Å². The number of nitro groups is 1. The van der Waals surface area contributed by atoms with Gasteiger partial charge in [0.05, 0.1) is 36.3 Å². The fourth-order valence-corrected chi connectivity index (χ4v) is 3.94. The van der Waals surface area contributed by atoms with Crippen molar-refractivity contribution >= 4 is 27.4 Å². The van der Waals surface area contributed by atoms with Gasteiger partial charge in [-0.25, -0.2) is 8.42 Å². The first kappa shape index (κ1) is 22.0. The van der Waals surface area contributed by atoms with Gasteiger partial charge in [0.15, 0.2) is 11.5 Å². The Morgan fingerprint density at radius 2 is 1.79 bits per heavy atom. The van der Waals surface area contributed by atoms with Gasteiger partial charge in [-0.3, -0.25) is 19.2 Å². The maximum absolute atomic E-state index is 13.2. The first-order chi connectivity index (χ1) is 13.7. The number of carbonyl (C=O) groups excluding carboxylic acids is 1. The fourth-order valence-electron chi connectivity index (χ4n) is 2.50. The normalized spacial score (nSPS) is 10.9. The average molecular weight is 424 g/mol. The predicted octanol–water partition coefficient (Wildman–Crippen LogP) is 2.37. The Kier molecular flexibility index (Phi) is 6.99. The maximum Gasteiger partial charge on any atom is 0.326 e. The summed E-state index contributed by atoms with van der Waals surface area (Å²) in [5.74, 6) is -0.176. The van der Waals surface area contributed by atoms with E-state index in [1.807, 2.05) is 0 Å². The Morgan fingerprint density at radius 3 is 2.38 bits per heavy atom. The third kappa shape index (κ3) is 4.93. The second-order valence-corrected chi connectivity index (χ2v) is 7.47. The molecule has 11 heteroatoms. The number of anilines is 1. The molecule has 0 N–H and O–H groups in total. The number of non-ortho nitro benzene ring substituents is 1. The Labute approximate surface area is 167 Å². The number of carbonyl (C=O) groups is 1. The van der Waals surface area contributed by atoms with E-state index in [-0.39, 0.29) is 22.9 Å². The first-order valence-corrected chi connectivity index (χ1v) is 9.83. The van der Waals surface area contributed by atoms with Gasteiger partial charge < -0.3 is 14.2 Å². The van der Waals surface area contributed by atoms with Crippen LogP contribution in [0.25, 0.3) is 0 Å². The molecule has 10 nitrogen and oxygen atoms in total. The number of esters is 1. The van der Waals surface area contributed by atoms with E-state index < -0.39 is 33.1 Å². The van der Waals surface area contributed by atoms with Crippen molar-refractivity contribution in [2.45, 2.75) is 11.8 Å². The lowest BCUT2D eigenvalue weighted by Gasteiger charge is -2.24. The van der Waals surface area contributed by atoms with Gasteiger partial charge in [0, 0.05) is 18.2 Å². The van der Waals surface area contributed by atoms with Gasteiger partial charge in [-0.2, -0.15) is 0 Å². The third-order valence-electron chi connectivity index (χ3n) is 3.85. The number of methoxy groups -OCH3 is 2. The molecule has 156 valence electrons. The van der Waals surface area contributed by atoms with Crippen LogP contribution in [0.15, 0.2) is 47.4 Å². The summed E-state index contributed by atoms with van der Waals surface area (Å²) in [6.45, 7) is 1.03. The molecule has 0 spiro atoms. The maximum atomic E-state index is 13.2. The lowest BCUT2D eigenvalue weighted by atomic mass is 10.2. The van der Waals surface area contributed by atoms with Crippen LogP contribution in [-0.2, 0) is 19.6 Å². The summed E-state index contributed by atoms with van der Waals surface area (Å²) in [7, 11) is -1.53. The van der Waals surface area contributed by atoms with Crippen molar-refractivity contribution in [1.29, 1.82) is 0 Å². The highest BCUT2D eigenvalue weighted by Gasteiger charge is 2.29. The molecule has 0 aliphatic rings. The summed E-state index contributed by atoms with van der Waals surface area (Å²) in [5, 5.41) is 11.0. The minimum atomic E-state index is -4.34. The Morgan fingerprint density at radius 1 is 1.10 bits per heavy atom. The lowest BCUT2D eigenvalue weighted by molar-refractivity contribution is -0.385. The van der Waals surface area contributed by atoms with E-state index in [1.165, 1.54) is 50.6 Å². The predicted molar refractivity (Wildman–Crippen MR) is 104 cm³/mol. The molecule has 0 radical (unpaired) electrons. The molecule has 0 saturated heterocycles. The van der Waals surface area contributed by atoms with E-state index >= 15 is 0 Å². The quantitative estimate of drug-likeness (QED) is 0.341. The number of nitro benzene ring substituents is 1. The largest absolute Gasteiger partial charge is 0.493 e. The zero-order chi connectivity index (χ0) is 21.6. The van der Waals surface area contributed by atoms with Gasteiger partial charge in [-0.15, -0.1) is 0 Å². The van der Waals surface area contributed by atoms with E-state index in [9.17, 15) is 23.3 Å². The molecule has 0 atom stereocenters.